The van der Waals surface area contributed by atoms with E-state index in [-0.39, 0.29) is 23.9 Å². The van der Waals surface area contributed by atoms with Gasteiger partial charge >= 0.3 is 5.97 Å². The van der Waals surface area contributed by atoms with Crippen molar-refractivity contribution in [3.05, 3.63) is 59.7 Å². The van der Waals surface area contributed by atoms with Crippen molar-refractivity contribution in [1.29, 1.82) is 0 Å². The van der Waals surface area contributed by atoms with E-state index in [1.165, 1.54) is 23.5 Å². The Morgan fingerprint density at radius 1 is 0.941 bits per heavy atom. The minimum Gasteiger partial charge on any atom is -0.468 e. The lowest BCUT2D eigenvalue weighted by Gasteiger charge is -2.33. The largest absolute Gasteiger partial charge is 0.468 e. The second-order valence-corrected chi connectivity index (χ2v) is 9.82. The Kier molecular flexibility index (Phi) is 8.37. The van der Waals surface area contributed by atoms with Crippen LogP contribution in [-0.4, -0.2) is 81.8 Å². The molecular weight excluding hydrogens is 460 g/mol. The predicted octanol–water partition coefficient (Wildman–Crippen LogP) is 0.843. The molecule has 1 heterocycles. The monoisotopic (exact) mass is 488 g/mol. The predicted molar refractivity (Wildman–Crippen MR) is 126 cm³/mol. The minimum atomic E-state index is -3.55. The standard InChI is InChI=1S/C23H28N4O6S/c1-17-3-9-20(10-4-17)34(31,32)27-13-11-26(12-14-27)16-21(28)25-19-7-5-18(6-8-19)23(30)24-15-22(29)33-2/h3-10H,11-16H2,1-2H3,(H,24,30)(H,25,28). The molecule has 0 radical (unpaired) electrons. The minimum absolute atomic E-state index is 0.125. The molecular formula is C23H28N4O6S. The number of carbonyl (C=O) groups excluding carboxylic acids is 3. The molecule has 10 nitrogen and oxygen atoms in total. The molecule has 0 unspecified atom stereocenters. The number of amides is 2. The molecule has 0 aliphatic carbocycles. The quantitative estimate of drug-likeness (QED) is 0.528. The van der Waals surface area contributed by atoms with E-state index >= 15 is 0 Å². The molecule has 182 valence electrons. The molecule has 0 bridgehead atoms. The molecule has 2 aromatic carbocycles. The SMILES string of the molecule is COC(=O)CNC(=O)c1ccc(NC(=O)CN2CCN(S(=O)(=O)c3ccc(C)cc3)CC2)cc1. The van der Waals surface area contributed by atoms with Crippen molar-refractivity contribution in [2.75, 3.05) is 51.7 Å². The summed E-state index contributed by atoms with van der Waals surface area (Å²) in [5.41, 5.74) is 1.86. The summed E-state index contributed by atoms with van der Waals surface area (Å²) < 4.78 is 31.5. The molecule has 1 aliphatic heterocycles. The van der Waals surface area contributed by atoms with E-state index in [1.807, 2.05) is 11.8 Å². The van der Waals surface area contributed by atoms with Crippen molar-refractivity contribution in [3.8, 4) is 0 Å². The van der Waals surface area contributed by atoms with Gasteiger partial charge in [0.1, 0.15) is 6.54 Å². The maximum atomic E-state index is 12.8. The van der Waals surface area contributed by atoms with E-state index in [4.69, 9.17) is 0 Å². The van der Waals surface area contributed by atoms with Gasteiger partial charge in [0.25, 0.3) is 5.91 Å². The lowest BCUT2D eigenvalue weighted by atomic mass is 10.2. The third-order valence-electron chi connectivity index (χ3n) is 5.41. The van der Waals surface area contributed by atoms with Gasteiger partial charge in [0, 0.05) is 37.4 Å². The summed E-state index contributed by atoms with van der Waals surface area (Å²) in [4.78, 5) is 37.7. The number of methoxy groups -OCH3 is 1. The fourth-order valence-electron chi connectivity index (χ4n) is 3.42. The number of nitrogens with zero attached hydrogens (tertiary/aromatic N) is 2. The van der Waals surface area contributed by atoms with Crippen molar-refractivity contribution in [1.82, 2.24) is 14.5 Å². The van der Waals surface area contributed by atoms with Gasteiger partial charge in [-0.2, -0.15) is 4.31 Å². The molecule has 11 heteroatoms. The van der Waals surface area contributed by atoms with Crippen molar-refractivity contribution in [2.45, 2.75) is 11.8 Å². The average Bonchev–Trinajstić information content (AvgIpc) is 2.83. The highest BCUT2D eigenvalue weighted by molar-refractivity contribution is 7.89. The number of anilines is 1. The van der Waals surface area contributed by atoms with Crippen LogP contribution in [0.1, 0.15) is 15.9 Å². The van der Waals surface area contributed by atoms with Crippen molar-refractivity contribution >= 4 is 33.5 Å². The zero-order valence-corrected chi connectivity index (χ0v) is 19.9. The van der Waals surface area contributed by atoms with Crippen LogP contribution >= 0.6 is 0 Å². The Bertz CT molecular complexity index is 1130. The van der Waals surface area contributed by atoms with E-state index in [0.29, 0.717) is 37.4 Å². The molecule has 34 heavy (non-hydrogen) atoms. The Morgan fingerprint density at radius 3 is 2.15 bits per heavy atom. The smallest absolute Gasteiger partial charge is 0.325 e. The number of hydrogen-bond donors (Lipinski definition) is 2. The fraction of sp³-hybridized carbons (Fsp3) is 0.348. The molecule has 1 saturated heterocycles. The Morgan fingerprint density at radius 2 is 1.56 bits per heavy atom. The van der Waals surface area contributed by atoms with Gasteiger partial charge < -0.3 is 15.4 Å². The number of rotatable bonds is 8. The number of carbonyl (C=O) groups is 3. The number of aryl methyl sites for hydroxylation is 1. The maximum absolute atomic E-state index is 12.8. The molecule has 0 spiro atoms. The molecule has 2 N–H and O–H groups in total. The van der Waals surface area contributed by atoms with Gasteiger partial charge in [0.15, 0.2) is 0 Å². The summed E-state index contributed by atoms with van der Waals surface area (Å²) in [5.74, 6) is -1.22. The third kappa shape index (κ3) is 6.62. The summed E-state index contributed by atoms with van der Waals surface area (Å²) in [7, 11) is -2.32. The molecule has 2 amide bonds. The highest BCUT2D eigenvalue weighted by atomic mass is 32.2. The van der Waals surface area contributed by atoms with Crippen LogP contribution in [0.4, 0.5) is 5.69 Å². The molecule has 1 fully saturated rings. The third-order valence-corrected chi connectivity index (χ3v) is 7.32. The number of benzene rings is 2. The normalized spacial score (nSPS) is 14.9. The number of ether oxygens (including phenoxy) is 1. The first-order chi connectivity index (χ1) is 16.2. The molecule has 0 atom stereocenters. The molecule has 2 aromatic rings. The van der Waals surface area contributed by atoms with Crippen LogP contribution in [0.2, 0.25) is 0 Å². The Hall–Kier alpha value is -3.28. The van der Waals surface area contributed by atoms with Gasteiger partial charge in [0.05, 0.1) is 18.6 Å². The first-order valence-electron chi connectivity index (χ1n) is 10.7. The number of sulfonamides is 1. The zero-order chi connectivity index (χ0) is 24.7. The highest BCUT2D eigenvalue weighted by Gasteiger charge is 2.29. The highest BCUT2D eigenvalue weighted by Crippen LogP contribution is 2.18. The summed E-state index contributed by atoms with van der Waals surface area (Å²) in [6.07, 6.45) is 0. The first-order valence-corrected chi connectivity index (χ1v) is 12.2. The Balaban J connectivity index is 1.46. The van der Waals surface area contributed by atoms with Crippen LogP contribution in [-0.2, 0) is 24.3 Å². The second-order valence-electron chi connectivity index (χ2n) is 7.88. The molecule has 0 aromatic heterocycles. The molecule has 0 saturated carbocycles. The lowest BCUT2D eigenvalue weighted by Crippen LogP contribution is -2.50. The van der Waals surface area contributed by atoms with Gasteiger partial charge in [-0.1, -0.05) is 17.7 Å². The van der Waals surface area contributed by atoms with Gasteiger partial charge in [-0.05, 0) is 43.3 Å². The lowest BCUT2D eigenvalue weighted by molar-refractivity contribution is -0.139. The number of piperazine rings is 1. The van der Waals surface area contributed by atoms with E-state index in [0.717, 1.165) is 5.56 Å². The average molecular weight is 489 g/mol. The van der Waals surface area contributed by atoms with Gasteiger partial charge in [-0.25, -0.2) is 8.42 Å². The van der Waals surface area contributed by atoms with E-state index in [2.05, 4.69) is 15.4 Å². The van der Waals surface area contributed by atoms with Gasteiger partial charge in [0.2, 0.25) is 15.9 Å². The van der Waals surface area contributed by atoms with Crippen LogP contribution in [0.25, 0.3) is 0 Å². The Labute approximate surface area is 198 Å². The van der Waals surface area contributed by atoms with E-state index < -0.39 is 21.9 Å². The fourth-order valence-corrected chi connectivity index (χ4v) is 4.84. The van der Waals surface area contributed by atoms with E-state index in [1.54, 1.807) is 36.4 Å². The number of esters is 1. The first kappa shape index (κ1) is 25.3. The summed E-state index contributed by atoms with van der Waals surface area (Å²) in [5, 5.41) is 5.21. The van der Waals surface area contributed by atoms with E-state index in [9.17, 15) is 22.8 Å². The van der Waals surface area contributed by atoms with Crippen molar-refractivity contribution in [2.24, 2.45) is 0 Å². The number of hydrogen-bond acceptors (Lipinski definition) is 7. The zero-order valence-electron chi connectivity index (χ0n) is 19.1. The van der Waals surface area contributed by atoms with Crippen LogP contribution in [0.5, 0.6) is 0 Å². The summed E-state index contributed by atoms with van der Waals surface area (Å²) in [6.45, 7) is 3.29. The second kappa shape index (κ2) is 11.2. The maximum Gasteiger partial charge on any atom is 0.325 e. The number of nitrogens with one attached hydrogen (secondary N) is 2. The van der Waals surface area contributed by atoms with Crippen LogP contribution in [0.3, 0.4) is 0 Å². The topological polar surface area (TPSA) is 125 Å². The van der Waals surface area contributed by atoms with Gasteiger partial charge in [-0.3, -0.25) is 19.3 Å². The molecule has 3 rings (SSSR count). The van der Waals surface area contributed by atoms with Crippen LogP contribution in [0, 0.1) is 6.92 Å². The van der Waals surface area contributed by atoms with Crippen LogP contribution < -0.4 is 10.6 Å². The summed E-state index contributed by atoms with van der Waals surface area (Å²) >= 11 is 0. The van der Waals surface area contributed by atoms with Gasteiger partial charge in [-0.15, -0.1) is 0 Å². The summed E-state index contributed by atoms with van der Waals surface area (Å²) in [6, 6.07) is 13.0. The van der Waals surface area contributed by atoms with Crippen LogP contribution in [0.15, 0.2) is 53.4 Å². The van der Waals surface area contributed by atoms with Crippen molar-refractivity contribution in [3.63, 3.8) is 0 Å². The van der Waals surface area contributed by atoms with Crippen molar-refractivity contribution < 1.29 is 27.5 Å². The molecule has 1 aliphatic rings.